The van der Waals surface area contributed by atoms with E-state index in [-0.39, 0.29) is 0 Å². The zero-order chi connectivity index (χ0) is 4.99. The Kier molecular flexibility index (Phi) is 3.81. The minimum atomic E-state index is 0.593. The Hall–Kier alpha value is 0.390. The van der Waals surface area contributed by atoms with E-state index in [2.05, 4.69) is 16.2 Å². The van der Waals surface area contributed by atoms with Crippen molar-refractivity contribution < 1.29 is 4.74 Å². The van der Waals surface area contributed by atoms with E-state index in [4.69, 9.17) is 4.74 Å². The Labute approximate surface area is 41.3 Å². The first-order valence-corrected chi connectivity index (χ1v) is 2.68. The maximum Gasteiger partial charge on any atom is 0.0522 e. The van der Waals surface area contributed by atoms with Crippen LogP contribution in [-0.4, -0.2) is 19.4 Å². The fraction of sp³-hybridized carbons (Fsp3) is 1.00. The molecule has 0 saturated carbocycles. The summed E-state index contributed by atoms with van der Waals surface area (Å²) in [5, 5.41) is 0. The van der Waals surface area contributed by atoms with E-state index in [1.165, 1.54) is 0 Å². The highest BCUT2D eigenvalue weighted by Gasteiger charge is 1.85. The summed E-state index contributed by atoms with van der Waals surface area (Å²) >= 11 is 0. The fourth-order valence-electron chi connectivity index (χ4n) is 0.263. The smallest absolute Gasteiger partial charge is 0.0522 e. The molecule has 2 atom stereocenters. The number of hydrogen-bond acceptors (Lipinski definition) is 1. The second-order valence-electron chi connectivity index (χ2n) is 1.43. The summed E-state index contributed by atoms with van der Waals surface area (Å²) in [6.45, 7) is 2.93. The largest absolute Gasteiger partial charge is 0.384 e. The average Bonchev–Trinajstić information content (AvgIpc) is 1.35. The molecule has 0 heterocycles. The minimum Gasteiger partial charge on any atom is -0.384 e. The first-order valence-electron chi connectivity index (χ1n) is 2.02. The van der Waals surface area contributed by atoms with Gasteiger partial charge in [0.15, 0.2) is 0 Å². The monoisotopic (exact) mass is 106 g/mol. The third-order valence-corrected chi connectivity index (χ3v) is 0.622. The van der Waals surface area contributed by atoms with Crippen LogP contribution < -0.4 is 0 Å². The van der Waals surface area contributed by atoms with Gasteiger partial charge in [-0.3, -0.25) is 0 Å². The predicted molar refractivity (Wildman–Crippen MR) is 31.0 cm³/mol. The molecule has 0 aliphatic carbocycles. The molecule has 0 aromatic carbocycles. The fourth-order valence-corrected chi connectivity index (χ4v) is 0.455. The molecular weight excluding hydrogens is 95.0 g/mol. The van der Waals surface area contributed by atoms with Crippen LogP contribution in [0.2, 0.25) is 0 Å². The van der Waals surface area contributed by atoms with Crippen molar-refractivity contribution in [3.8, 4) is 0 Å². The lowest BCUT2D eigenvalue weighted by Crippen LogP contribution is -1.98. The molecule has 0 rings (SSSR count). The standard InChI is InChI=1S/C4H11OP/c1-4(6)3-5-2/h4H,3,6H2,1-2H3. The van der Waals surface area contributed by atoms with Gasteiger partial charge in [-0.2, -0.15) is 0 Å². The molecule has 0 N–H and O–H groups in total. The van der Waals surface area contributed by atoms with Gasteiger partial charge >= 0.3 is 0 Å². The predicted octanol–water partition coefficient (Wildman–Crippen LogP) is 0.896. The van der Waals surface area contributed by atoms with Crippen LogP contribution in [0.5, 0.6) is 0 Å². The van der Waals surface area contributed by atoms with Crippen molar-refractivity contribution in [2.75, 3.05) is 13.7 Å². The Morgan fingerprint density at radius 2 is 2.33 bits per heavy atom. The summed E-state index contributed by atoms with van der Waals surface area (Å²) in [6, 6.07) is 0. The zero-order valence-corrected chi connectivity index (χ0v) is 5.42. The van der Waals surface area contributed by atoms with Gasteiger partial charge in [-0.25, -0.2) is 0 Å². The van der Waals surface area contributed by atoms with Gasteiger partial charge in [-0.05, 0) is 5.66 Å². The van der Waals surface area contributed by atoms with Crippen LogP contribution in [0.3, 0.4) is 0 Å². The number of ether oxygens (including phenoxy) is 1. The number of rotatable bonds is 2. The molecule has 6 heavy (non-hydrogen) atoms. The molecule has 2 heteroatoms. The molecular formula is C4H11OP. The van der Waals surface area contributed by atoms with Crippen LogP contribution >= 0.6 is 9.24 Å². The molecule has 0 aromatic heterocycles. The van der Waals surface area contributed by atoms with E-state index in [9.17, 15) is 0 Å². The maximum atomic E-state index is 4.78. The van der Waals surface area contributed by atoms with Gasteiger partial charge in [0.05, 0.1) is 6.61 Å². The van der Waals surface area contributed by atoms with Gasteiger partial charge in [-0.1, -0.05) is 6.92 Å². The zero-order valence-electron chi connectivity index (χ0n) is 4.27. The molecule has 0 saturated heterocycles. The van der Waals surface area contributed by atoms with Gasteiger partial charge in [0.2, 0.25) is 0 Å². The summed E-state index contributed by atoms with van der Waals surface area (Å²) < 4.78 is 4.78. The van der Waals surface area contributed by atoms with E-state index < -0.39 is 0 Å². The molecule has 0 aliphatic rings. The Morgan fingerprint density at radius 3 is 2.33 bits per heavy atom. The van der Waals surface area contributed by atoms with Gasteiger partial charge in [0, 0.05) is 7.11 Å². The summed E-state index contributed by atoms with van der Waals surface area (Å²) in [4.78, 5) is 0. The second kappa shape index (κ2) is 3.58. The molecule has 0 aromatic rings. The topological polar surface area (TPSA) is 9.23 Å². The van der Waals surface area contributed by atoms with Gasteiger partial charge in [-0.15, -0.1) is 9.24 Å². The SMILES string of the molecule is COCC(C)P. The van der Waals surface area contributed by atoms with E-state index in [1.54, 1.807) is 7.11 Å². The highest BCUT2D eigenvalue weighted by Crippen LogP contribution is 1.94. The Balaban J connectivity index is 2.63. The van der Waals surface area contributed by atoms with Crippen molar-refractivity contribution in [3.63, 3.8) is 0 Å². The second-order valence-corrected chi connectivity index (χ2v) is 2.57. The first kappa shape index (κ1) is 6.39. The molecule has 0 spiro atoms. The van der Waals surface area contributed by atoms with Crippen molar-refractivity contribution in [2.45, 2.75) is 12.6 Å². The van der Waals surface area contributed by atoms with E-state index in [0.717, 1.165) is 6.61 Å². The van der Waals surface area contributed by atoms with E-state index in [0.29, 0.717) is 5.66 Å². The summed E-state index contributed by atoms with van der Waals surface area (Å²) in [6.07, 6.45) is 0. The van der Waals surface area contributed by atoms with Crippen LogP contribution in [-0.2, 0) is 4.74 Å². The van der Waals surface area contributed by atoms with Crippen molar-refractivity contribution in [3.05, 3.63) is 0 Å². The van der Waals surface area contributed by atoms with Gasteiger partial charge in [0.1, 0.15) is 0 Å². The van der Waals surface area contributed by atoms with Crippen molar-refractivity contribution in [1.82, 2.24) is 0 Å². The quantitative estimate of drug-likeness (QED) is 0.475. The van der Waals surface area contributed by atoms with Crippen molar-refractivity contribution >= 4 is 9.24 Å². The van der Waals surface area contributed by atoms with Crippen LogP contribution in [0.15, 0.2) is 0 Å². The molecule has 0 radical (unpaired) electrons. The normalized spacial score (nSPS) is 14.5. The third kappa shape index (κ3) is 4.39. The Bertz CT molecular complexity index is 28.7. The highest BCUT2D eigenvalue weighted by atomic mass is 31.0. The van der Waals surface area contributed by atoms with Gasteiger partial charge < -0.3 is 4.74 Å². The Morgan fingerprint density at radius 1 is 1.83 bits per heavy atom. The summed E-state index contributed by atoms with van der Waals surface area (Å²) in [7, 11) is 4.36. The third-order valence-electron chi connectivity index (χ3n) is 0.430. The summed E-state index contributed by atoms with van der Waals surface area (Å²) in [5.74, 6) is 0. The first-order chi connectivity index (χ1) is 2.77. The molecule has 0 fully saturated rings. The van der Waals surface area contributed by atoms with Gasteiger partial charge in [0.25, 0.3) is 0 Å². The van der Waals surface area contributed by atoms with Crippen LogP contribution in [0.4, 0.5) is 0 Å². The van der Waals surface area contributed by atoms with E-state index >= 15 is 0 Å². The number of hydrogen-bond donors (Lipinski definition) is 0. The van der Waals surface area contributed by atoms with Crippen molar-refractivity contribution in [1.29, 1.82) is 0 Å². The molecule has 0 amide bonds. The van der Waals surface area contributed by atoms with E-state index in [1.807, 2.05) is 0 Å². The minimum absolute atomic E-state index is 0.593. The van der Waals surface area contributed by atoms with Crippen LogP contribution in [0.1, 0.15) is 6.92 Å². The molecule has 0 aliphatic heterocycles. The summed E-state index contributed by atoms with van der Waals surface area (Å²) in [5.41, 5.74) is 0.593. The lowest BCUT2D eigenvalue weighted by Gasteiger charge is -1.97. The van der Waals surface area contributed by atoms with Crippen LogP contribution in [0, 0.1) is 0 Å². The van der Waals surface area contributed by atoms with Crippen LogP contribution in [0.25, 0.3) is 0 Å². The molecule has 1 nitrogen and oxygen atoms in total. The average molecular weight is 106 g/mol. The molecule has 2 unspecified atom stereocenters. The van der Waals surface area contributed by atoms with Crippen molar-refractivity contribution in [2.24, 2.45) is 0 Å². The molecule has 38 valence electrons. The number of methoxy groups -OCH3 is 1. The highest BCUT2D eigenvalue weighted by molar-refractivity contribution is 7.17. The maximum absolute atomic E-state index is 4.78. The lowest BCUT2D eigenvalue weighted by molar-refractivity contribution is 0.203. The lowest BCUT2D eigenvalue weighted by atomic mass is 10.5. The molecule has 0 bridgehead atoms.